The van der Waals surface area contributed by atoms with Gasteiger partial charge in [0.05, 0.1) is 24.8 Å². The maximum Gasteiger partial charge on any atom is 0.237 e. The molecule has 1 N–H and O–H groups in total. The van der Waals surface area contributed by atoms with E-state index in [1.54, 1.807) is 6.92 Å². The smallest absolute Gasteiger partial charge is 0.237 e. The van der Waals surface area contributed by atoms with Gasteiger partial charge < -0.3 is 15.1 Å². The van der Waals surface area contributed by atoms with Gasteiger partial charge in [0, 0.05) is 32.6 Å². The molecule has 0 aliphatic carbocycles. The van der Waals surface area contributed by atoms with Crippen molar-refractivity contribution in [3.8, 4) is 0 Å². The number of amides is 2. The number of piperidine rings is 2. The Kier molecular flexibility index (Phi) is 6.74. The quantitative estimate of drug-likeness (QED) is 0.792. The number of aromatic nitrogens is 2. The third-order valence-corrected chi connectivity index (χ3v) is 7.12. The summed E-state index contributed by atoms with van der Waals surface area (Å²) >= 11 is 0. The van der Waals surface area contributed by atoms with Crippen LogP contribution in [0.25, 0.3) is 0 Å². The summed E-state index contributed by atoms with van der Waals surface area (Å²) in [6.45, 7) is 8.38. The number of likely N-dealkylation sites (tertiary alicyclic amines) is 2. The first-order chi connectivity index (χ1) is 15.0. The van der Waals surface area contributed by atoms with Crippen LogP contribution in [0.2, 0.25) is 0 Å². The maximum atomic E-state index is 13.3. The second-order valence-electron chi connectivity index (χ2n) is 9.35. The number of hydrogen-bond donors (Lipinski definition) is 1. The Balaban J connectivity index is 1.55. The normalized spacial score (nSPS) is 22.9. The van der Waals surface area contributed by atoms with Crippen molar-refractivity contribution in [3.05, 3.63) is 17.1 Å². The SMILES string of the molecule is CNc1nc(C2CCCCN2C(=O)CN2CCC(C)CC2)nc2c1CCN(C(C)=O)C2. The van der Waals surface area contributed by atoms with Crippen molar-refractivity contribution in [2.45, 2.75) is 65.0 Å². The highest BCUT2D eigenvalue weighted by atomic mass is 16.2. The van der Waals surface area contributed by atoms with Crippen molar-refractivity contribution in [1.82, 2.24) is 24.7 Å². The second kappa shape index (κ2) is 9.51. The van der Waals surface area contributed by atoms with Crippen LogP contribution in [-0.2, 0) is 22.6 Å². The number of fused-ring (bicyclic) bond motifs is 1. The monoisotopic (exact) mass is 428 g/mol. The minimum absolute atomic E-state index is 0.0714. The van der Waals surface area contributed by atoms with E-state index in [4.69, 9.17) is 9.97 Å². The number of carbonyl (C=O) groups excluding carboxylic acids is 2. The van der Waals surface area contributed by atoms with Crippen molar-refractivity contribution >= 4 is 17.6 Å². The van der Waals surface area contributed by atoms with Crippen LogP contribution < -0.4 is 5.32 Å². The van der Waals surface area contributed by atoms with Gasteiger partial charge in [-0.25, -0.2) is 9.97 Å². The molecule has 4 rings (SSSR count). The molecule has 0 spiro atoms. The molecule has 0 aromatic carbocycles. The molecule has 0 radical (unpaired) electrons. The molecule has 0 saturated carbocycles. The van der Waals surface area contributed by atoms with Gasteiger partial charge >= 0.3 is 0 Å². The summed E-state index contributed by atoms with van der Waals surface area (Å²) in [5.74, 6) is 2.58. The number of nitrogens with zero attached hydrogens (tertiary/aromatic N) is 5. The summed E-state index contributed by atoms with van der Waals surface area (Å²) in [5, 5.41) is 3.23. The third-order valence-electron chi connectivity index (χ3n) is 7.12. The van der Waals surface area contributed by atoms with Crippen molar-refractivity contribution in [2.24, 2.45) is 5.92 Å². The van der Waals surface area contributed by atoms with Crippen LogP contribution in [0.1, 0.15) is 69.1 Å². The van der Waals surface area contributed by atoms with E-state index in [0.717, 1.165) is 68.3 Å². The fourth-order valence-corrected chi connectivity index (χ4v) is 5.07. The van der Waals surface area contributed by atoms with Gasteiger partial charge in [-0.1, -0.05) is 6.92 Å². The molecule has 0 bridgehead atoms. The molecule has 4 heterocycles. The Morgan fingerprint density at radius 3 is 2.55 bits per heavy atom. The summed E-state index contributed by atoms with van der Waals surface area (Å²) < 4.78 is 0. The predicted molar refractivity (Wildman–Crippen MR) is 120 cm³/mol. The van der Waals surface area contributed by atoms with E-state index >= 15 is 0 Å². The Labute approximate surface area is 185 Å². The van der Waals surface area contributed by atoms with E-state index in [9.17, 15) is 9.59 Å². The van der Waals surface area contributed by atoms with Crippen LogP contribution in [0, 0.1) is 5.92 Å². The Morgan fingerprint density at radius 2 is 1.84 bits per heavy atom. The van der Waals surface area contributed by atoms with Crippen LogP contribution in [-0.4, -0.2) is 76.3 Å². The molecule has 2 fully saturated rings. The summed E-state index contributed by atoms with van der Waals surface area (Å²) in [7, 11) is 1.88. The molecule has 8 heteroatoms. The van der Waals surface area contributed by atoms with Gasteiger partial charge in [-0.15, -0.1) is 0 Å². The van der Waals surface area contributed by atoms with Crippen LogP contribution in [0.5, 0.6) is 0 Å². The summed E-state index contributed by atoms with van der Waals surface area (Å²) in [6, 6.07) is -0.0879. The predicted octanol–water partition coefficient (Wildman–Crippen LogP) is 2.21. The van der Waals surface area contributed by atoms with Gasteiger partial charge in [-0.3, -0.25) is 14.5 Å². The minimum Gasteiger partial charge on any atom is -0.373 e. The van der Waals surface area contributed by atoms with Crippen LogP contribution in [0.4, 0.5) is 5.82 Å². The second-order valence-corrected chi connectivity index (χ2v) is 9.35. The van der Waals surface area contributed by atoms with Gasteiger partial charge in [0.2, 0.25) is 11.8 Å². The highest BCUT2D eigenvalue weighted by Gasteiger charge is 2.33. The average Bonchev–Trinajstić information content (AvgIpc) is 2.79. The highest BCUT2D eigenvalue weighted by molar-refractivity contribution is 5.79. The molecule has 170 valence electrons. The van der Waals surface area contributed by atoms with E-state index in [2.05, 4.69) is 17.1 Å². The number of carbonyl (C=O) groups is 2. The minimum atomic E-state index is -0.0879. The standard InChI is InChI=1S/C23H36N6O2/c1-16-7-11-27(12-8-16)15-21(31)29-10-5-4-6-20(29)23-25-19-14-28(17(2)30)13-9-18(19)22(24-3)26-23/h16,20H,4-15H2,1-3H3,(H,24,25,26). The zero-order chi connectivity index (χ0) is 22.0. The van der Waals surface area contributed by atoms with Crippen molar-refractivity contribution in [1.29, 1.82) is 0 Å². The lowest BCUT2D eigenvalue weighted by Gasteiger charge is -2.38. The van der Waals surface area contributed by atoms with Crippen LogP contribution in [0.15, 0.2) is 0 Å². The van der Waals surface area contributed by atoms with Crippen molar-refractivity contribution in [2.75, 3.05) is 45.1 Å². The fourth-order valence-electron chi connectivity index (χ4n) is 5.07. The first-order valence-corrected chi connectivity index (χ1v) is 11.8. The lowest BCUT2D eigenvalue weighted by atomic mass is 9.98. The summed E-state index contributed by atoms with van der Waals surface area (Å²) in [6.07, 6.45) is 6.09. The van der Waals surface area contributed by atoms with E-state index in [-0.39, 0.29) is 17.9 Å². The summed E-state index contributed by atoms with van der Waals surface area (Å²) in [4.78, 5) is 41.1. The highest BCUT2D eigenvalue weighted by Crippen LogP contribution is 2.32. The fraction of sp³-hybridized carbons (Fsp3) is 0.739. The Morgan fingerprint density at radius 1 is 1.06 bits per heavy atom. The molecule has 1 unspecified atom stereocenters. The average molecular weight is 429 g/mol. The molecule has 2 amide bonds. The Hall–Kier alpha value is -2.22. The molecular weight excluding hydrogens is 392 g/mol. The molecular formula is C23H36N6O2. The van der Waals surface area contributed by atoms with Gasteiger partial charge in [0.15, 0.2) is 5.82 Å². The first kappa shape index (κ1) is 22.0. The molecule has 2 saturated heterocycles. The van der Waals surface area contributed by atoms with Gasteiger partial charge in [-0.05, 0) is 57.5 Å². The van der Waals surface area contributed by atoms with Crippen LogP contribution >= 0.6 is 0 Å². The lowest BCUT2D eigenvalue weighted by molar-refractivity contribution is -0.136. The first-order valence-electron chi connectivity index (χ1n) is 11.8. The Bertz CT molecular complexity index is 821. The van der Waals surface area contributed by atoms with Crippen LogP contribution in [0.3, 0.4) is 0 Å². The molecule has 3 aliphatic heterocycles. The molecule has 1 aromatic heterocycles. The topological polar surface area (TPSA) is 81.7 Å². The number of anilines is 1. The molecule has 8 nitrogen and oxygen atoms in total. The van der Waals surface area contributed by atoms with E-state index in [0.29, 0.717) is 25.5 Å². The largest absolute Gasteiger partial charge is 0.373 e. The number of nitrogens with one attached hydrogen (secondary N) is 1. The van der Waals surface area contributed by atoms with Crippen molar-refractivity contribution < 1.29 is 9.59 Å². The van der Waals surface area contributed by atoms with E-state index in [1.807, 2.05) is 16.8 Å². The molecule has 31 heavy (non-hydrogen) atoms. The summed E-state index contributed by atoms with van der Waals surface area (Å²) in [5.41, 5.74) is 2.01. The molecule has 3 aliphatic rings. The van der Waals surface area contributed by atoms with Gasteiger partial charge in [0.25, 0.3) is 0 Å². The van der Waals surface area contributed by atoms with Crippen molar-refractivity contribution in [3.63, 3.8) is 0 Å². The van der Waals surface area contributed by atoms with E-state index in [1.165, 1.54) is 12.8 Å². The molecule has 1 aromatic rings. The zero-order valence-corrected chi connectivity index (χ0v) is 19.2. The van der Waals surface area contributed by atoms with Gasteiger partial charge in [0.1, 0.15) is 5.82 Å². The number of rotatable bonds is 4. The third kappa shape index (κ3) is 4.84. The molecule has 1 atom stereocenters. The van der Waals surface area contributed by atoms with Gasteiger partial charge in [-0.2, -0.15) is 0 Å². The zero-order valence-electron chi connectivity index (χ0n) is 19.2. The number of hydrogen-bond acceptors (Lipinski definition) is 6. The lowest BCUT2D eigenvalue weighted by Crippen LogP contribution is -2.46. The van der Waals surface area contributed by atoms with E-state index < -0.39 is 0 Å². The maximum absolute atomic E-state index is 13.3.